The highest BCUT2D eigenvalue weighted by Crippen LogP contribution is 2.22. The number of para-hydroxylation sites is 1. The molecule has 0 aliphatic carbocycles. The van der Waals surface area contributed by atoms with Gasteiger partial charge in [0.15, 0.2) is 0 Å². The van der Waals surface area contributed by atoms with E-state index < -0.39 is 0 Å². The van der Waals surface area contributed by atoms with Crippen LogP contribution in [0.5, 0.6) is 11.8 Å². The summed E-state index contributed by atoms with van der Waals surface area (Å²) in [4.78, 5) is 7.91. The second-order valence-electron chi connectivity index (χ2n) is 3.48. The topological polar surface area (TPSA) is 81.3 Å². The van der Waals surface area contributed by atoms with E-state index >= 15 is 0 Å². The smallest absolute Gasteiger partial charge is 0.322 e. The molecule has 3 N–H and O–H groups in total. The highest BCUT2D eigenvalue weighted by molar-refractivity contribution is 5.36. The molecule has 0 saturated heterocycles. The number of anilines is 1. The SMILES string of the molecule is Nc1cnc(Oc2ccccc2CCO)nc1. The van der Waals surface area contributed by atoms with Crippen LogP contribution in [0.1, 0.15) is 5.56 Å². The fraction of sp³-hybridized carbons (Fsp3) is 0.167. The lowest BCUT2D eigenvalue weighted by atomic mass is 10.1. The largest absolute Gasteiger partial charge is 0.424 e. The zero-order valence-electron chi connectivity index (χ0n) is 9.21. The quantitative estimate of drug-likeness (QED) is 0.830. The van der Waals surface area contributed by atoms with E-state index in [9.17, 15) is 0 Å². The van der Waals surface area contributed by atoms with Crippen molar-refractivity contribution in [3.63, 3.8) is 0 Å². The van der Waals surface area contributed by atoms with Gasteiger partial charge < -0.3 is 15.6 Å². The molecule has 0 aliphatic heterocycles. The van der Waals surface area contributed by atoms with Gasteiger partial charge in [-0.15, -0.1) is 0 Å². The molecule has 17 heavy (non-hydrogen) atoms. The van der Waals surface area contributed by atoms with Crippen molar-refractivity contribution < 1.29 is 9.84 Å². The van der Waals surface area contributed by atoms with Crippen LogP contribution in [0.25, 0.3) is 0 Å². The predicted molar refractivity (Wildman–Crippen MR) is 63.8 cm³/mol. The average Bonchev–Trinajstić information content (AvgIpc) is 2.35. The molecular formula is C12H13N3O2. The molecule has 1 aromatic heterocycles. The van der Waals surface area contributed by atoms with Crippen molar-refractivity contribution in [1.29, 1.82) is 0 Å². The predicted octanol–water partition coefficient (Wildman–Crippen LogP) is 1.39. The molecule has 0 unspecified atom stereocenters. The molecule has 5 nitrogen and oxygen atoms in total. The number of nitrogens with zero attached hydrogens (tertiary/aromatic N) is 2. The van der Waals surface area contributed by atoms with Crippen molar-refractivity contribution in [2.24, 2.45) is 0 Å². The maximum atomic E-state index is 8.94. The third-order valence-electron chi connectivity index (χ3n) is 2.20. The molecule has 1 heterocycles. The number of hydrogen-bond acceptors (Lipinski definition) is 5. The van der Waals surface area contributed by atoms with Gasteiger partial charge in [0.05, 0.1) is 18.1 Å². The van der Waals surface area contributed by atoms with Crippen molar-refractivity contribution in [2.45, 2.75) is 6.42 Å². The van der Waals surface area contributed by atoms with Gasteiger partial charge in [-0.05, 0) is 18.1 Å². The normalized spacial score (nSPS) is 10.2. The summed E-state index contributed by atoms with van der Waals surface area (Å²) in [5.41, 5.74) is 6.88. The fourth-order valence-corrected chi connectivity index (χ4v) is 1.41. The Hall–Kier alpha value is -2.14. The number of nitrogen functional groups attached to an aromatic ring is 1. The molecule has 0 aliphatic rings. The van der Waals surface area contributed by atoms with Crippen molar-refractivity contribution in [2.75, 3.05) is 12.3 Å². The van der Waals surface area contributed by atoms with Crippen molar-refractivity contribution in [3.05, 3.63) is 42.2 Å². The average molecular weight is 231 g/mol. The molecular weight excluding hydrogens is 218 g/mol. The van der Waals surface area contributed by atoms with Crippen LogP contribution in [0, 0.1) is 0 Å². The number of nitrogens with two attached hydrogens (primary N) is 1. The lowest BCUT2D eigenvalue weighted by Crippen LogP contribution is -1.98. The summed E-state index contributed by atoms with van der Waals surface area (Å²) in [5, 5.41) is 8.94. The Balaban J connectivity index is 2.20. The molecule has 0 fully saturated rings. The molecule has 5 heteroatoms. The van der Waals surface area contributed by atoms with E-state index in [4.69, 9.17) is 15.6 Å². The van der Waals surface area contributed by atoms with Crippen LogP contribution in [0.4, 0.5) is 5.69 Å². The summed E-state index contributed by atoms with van der Waals surface area (Å²) >= 11 is 0. The lowest BCUT2D eigenvalue weighted by Gasteiger charge is -2.08. The number of aliphatic hydroxyl groups is 1. The Morgan fingerprint density at radius 1 is 1.18 bits per heavy atom. The van der Waals surface area contributed by atoms with Crippen molar-refractivity contribution >= 4 is 5.69 Å². The summed E-state index contributed by atoms with van der Waals surface area (Å²) in [5.74, 6) is 0.645. The van der Waals surface area contributed by atoms with Crippen molar-refractivity contribution in [1.82, 2.24) is 9.97 Å². The van der Waals surface area contributed by atoms with Gasteiger partial charge in [0, 0.05) is 6.61 Å². The van der Waals surface area contributed by atoms with E-state index in [1.807, 2.05) is 24.3 Å². The number of rotatable bonds is 4. The van der Waals surface area contributed by atoms with Crippen LogP contribution in [-0.4, -0.2) is 21.7 Å². The summed E-state index contributed by atoms with van der Waals surface area (Å²) in [6.45, 7) is 0.0724. The maximum absolute atomic E-state index is 8.94. The highest BCUT2D eigenvalue weighted by atomic mass is 16.5. The second-order valence-corrected chi connectivity index (χ2v) is 3.48. The number of benzene rings is 1. The number of hydrogen-bond donors (Lipinski definition) is 2. The first-order chi connectivity index (χ1) is 8.29. The highest BCUT2D eigenvalue weighted by Gasteiger charge is 2.05. The van der Waals surface area contributed by atoms with Crippen LogP contribution in [0.15, 0.2) is 36.7 Å². The summed E-state index contributed by atoms with van der Waals surface area (Å²) < 4.78 is 5.53. The Morgan fingerprint density at radius 3 is 2.59 bits per heavy atom. The molecule has 0 spiro atoms. The van der Waals surface area contributed by atoms with E-state index in [1.165, 1.54) is 12.4 Å². The van der Waals surface area contributed by atoms with E-state index in [2.05, 4.69) is 9.97 Å². The summed E-state index contributed by atoms with van der Waals surface area (Å²) in [6.07, 6.45) is 3.50. The van der Waals surface area contributed by atoms with Crippen LogP contribution in [0.2, 0.25) is 0 Å². The Labute approximate surface area is 98.9 Å². The monoisotopic (exact) mass is 231 g/mol. The first-order valence-electron chi connectivity index (χ1n) is 5.24. The minimum atomic E-state index is 0.0724. The minimum absolute atomic E-state index is 0.0724. The Kier molecular flexibility index (Phi) is 3.52. The zero-order chi connectivity index (χ0) is 12.1. The third kappa shape index (κ3) is 2.92. The van der Waals surface area contributed by atoms with Gasteiger partial charge in [-0.1, -0.05) is 18.2 Å². The fourth-order valence-electron chi connectivity index (χ4n) is 1.41. The molecule has 0 atom stereocenters. The van der Waals surface area contributed by atoms with E-state index in [0.717, 1.165) is 5.56 Å². The van der Waals surface area contributed by atoms with Gasteiger partial charge in [0.1, 0.15) is 5.75 Å². The maximum Gasteiger partial charge on any atom is 0.322 e. The molecule has 2 rings (SSSR count). The molecule has 0 amide bonds. The third-order valence-corrected chi connectivity index (χ3v) is 2.20. The van der Waals surface area contributed by atoms with Crippen LogP contribution in [0.3, 0.4) is 0 Å². The first-order valence-corrected chi connectivity index (χ1v) is 5.24. The molecule has 2 aromatic rings. The van der Waals surface area contributed by atoms with Gasteiger partial charge in [0.25, 0.3) is 0 Å². The van der Waals surface area contributed by atoms with Gasteiger partial charge in [0.2, 0.25) is 0 Å². The molecule has 0 radical (unpaired) electrons. The Morgan fingerprint density at radius 2 is 1.88 bits per heavy atom. The molecule has 0 saturated carbocycles. The standard InChI is InChI=1S/C12H13N3O2/c13-10-7-14-12(15-8-10)17-11-4-2-1-3-9(11)5-6-16/h1-4,7-8,16H,5-6,13H2. The number of aliphatic hydroxyl groups excluding tert-OH is 1. The first kappa shape index (κ1) is 11.3. The van der Waals surface area contributed by atoms with Crippen molar-refractivity contribution in [3.8, 4) is 11.8 Å². The number of aromatic nitrogens is 2. The molecule has 88 valence electrons. The van der Waals surface area contributed by atoms with Gasteiger partial charge in [-0.3, -0.25) is 0 Å². The summed E-state index contributed by atoms with van der Waals surface area (Å²) in [6, 6.07) is 7.69. The van der Waals surface area contributed by atoms with Crippen LogP contribution in [-0.2, 0) is 6.42 Å². The zero-order valence-corrected chi connectivity index (χ0v) is 9.21. The molecule has 1 aromatic carbocycles. The second kappa shape index (κ2) is 5.27. The van der Waals surface area contributed by atoms with Gasteiger partial charge in [-0.2, -0.15) is 0 Å². The van der Waals surface area contributed by atoms with Crippen LogP contribution < -0.4 is 10.5 Å². The Bertz CT molecular complexity index is 485. The van der Waals surface area contributed by atoms with E-state index in [0.29, 0.717) is 17.9 Å². The lowest BCUT2D eigenvalue weighted by molar-refractivity contribution is 0.297. The number of ether oxygens (including phenoxy) is 1. The van der Waals surface area contributed by atoms with Crippen LogP contribution >= 0.6 is 0 Å². The van der Waals surface area contributed by atoms with E-state index in [-0.39, 0.29) is 12.6 Å². The van der Waals surface area contributed by atoms with E-state index in [1.54, 1.807) is 0 Å². The minimum Gasteiger partial charge on any atom is -0.424 e. The molecule has 0 bridgehead atoms. The van der Waals surface area contributed by atoms with Gasteiger partial charge >= 0.3 is 6.01 Å². The van der Waals surface area contributed by atoms with Gasteiger partial charge in [-0.25, -0.2) is 9.97 Å². The summed E-state index contributed by atoms with van der Waals surface area (Å²) in [7, 11) is 0.